The van der Waals surface area contributed by atoms with Crippen LogP contribution in [0.5, 0.6) is 0 Å². The summed E-state index contributed by atoms with van der Waals surface area (Å²) in [5.74, 6) is 0. The summed E-state index contributed by atoms with van der Waals surface area (Å²) < 4.78 is 5.14. The summed E-state index contributed by atoms with van der Waals surface area (Å²) in [6.07, 6.45) is 3.44. The van der Waals surface area contributed by atoms with Crippen molar-refractivity contribution in [3.63, 3.8) is 0 Å². The van der Waals surface area contributed by atoms with Gasteiger partial charge in [0.05, 0.1) is 12.5 Å². The molecule has 3 rings (SSSR count). The maximum atomic E-state index is 5.97. The summed E-state index contributed by atoms with van der Waals surface area (Å²) in [7, 11) is 0. The smallest absolute Gasteiger partial charge is 0.0980 e. The Morgan fingerprint density at radius 3 is 2.44 bits per heavy atom. The topological polar surface area (TPSA) is 13.1 Å². The van der Waals surface area contributed by atoms with Gasteiger partial charge in [-0.15, -0.1) is 0 Å². The largest absolute Gasteiger partial charge is 0.472 e. The third kappa shape index (κ3) is 1.59. The molecule has 0 saturated carbocycles. The number of rotatable bonds is 1. The molecule has 78 valence electrons. The van der Waals surface area contributed by atoms with E-state index < -0.39 is 0 Å². The molecule has 0 aromatic heterocycles. The van der Waals surface area contributed by atoms with Crippen LogP contribution in [0.3, 0.4) is 0 Å². The van der Waals surface area contributed by atoms with Crippen molar-refractivity contribution in [1.29, 1.82) is 0 Å². The highest BCUT2D eigenvalue weighted by Crippen LogP contribution is 2.32. The van der Waals surface area contributed by atoms with Crippen molar-refractivity contribution >= 4 is 11.6 Å². The number of benzene rings is 1. The van der Waals surface area contributed by atoms with Crippen LogP contribution in [0, 0.1) is 0 Å². The zero-order valence-electron chi connectivity index (χ0n) is 8.48. The van der Waals surface area contributed by atoms with Crippen LogP contribution >= 0.6 is 11.6 Å². The van der Waals surface area contributed by atoms with E-state index in [-0.39, 0.29) is 0 Å². The molecule has 1 nitrogen and oxygen atoms in total. The lowest BCUT2D eigenvalue weighted by Gasteiger charge is -1.97. The quantitative estimate of drug-likeness (QED) is 0.588. The van der Waals surface area contributed by atoms with E-state index in [0.29, 0.717) is 0 Å². The fraction of sp³-hybridized carbons (Fsp3) is 0. The van der Waals surface area contributed by atoms with E-state index in [9.17, 15) is 0 Å². The van der Waals surface area contributed by atoms with E-state index in [4.69, 9.17) is 16.0 Å². The molecule has 2 aliphatic rings. The molecule has 0 bridgehead atoms. The Hall–Kier alpha value is -1.73. The van der Waals surface area contributed by atoms with Crippen molar-refractivity contribution in [2.45, 2.75) is 0 Å². The Balaban J connectivity index is 2.17. The van der Waals surface area contributed by atoms with Gasteiger partial charge in [-0.25, -0.2) is 0 Å². The van der Waals surface area contributed by atoms with Crippen LogP contribution in [-0.2, 0) is 0 Å². The van der Waals surface area contributed by atoms with Crippen LogP contribution in [0.25, 0.3) is 22.3 Å². The highest BCUT2D eigenvalue weighted by atomic mass is 35.5. The number of fused-ring (bicyclic) bond motifs is 1. The fourth-order valence-electron chi connectivity index (χ4n) is 1.85. The zero-order chi connectivity index (χ0) is 11.0. The molecule has 2 heteroatoms. The van der Waals surface area contributed by atoms with E-state index in [1.54, 1.807) is 12.5 Å². The first kappa shape index (κ1) is 9.49. The predicted molar refractivity (Wildman–Crippen MR) is 65.8 cm³/mol. The third-order valence-corrected chi connectivity index (χ3v) is 2.87. The molecule has 1 aromatic rings. The van der Waals surface area contributed by atoms with Gasteiger partial charge in [0.1, 0.15) is 0 Å². The van der Waals surface area contributed by atoms with Gasteiger partial charge in [0.2, 0.25) is 0 Å². The first-order chi connectivity index (χ1) is 7.83. The van der Waals surface area contributed by atoms with Gasteiger partial charge in [-0.1, -0.05) is 23.7 Å². The molecule has 0 fully saturated rings. The van der Waals surface area contributed by atoms with Gasteiger partial charge in [-0.3, -0.25) is 0 Å². The highest BCUT2D eigenvalue weighted by molar-refractivity contribution is 6.30. The van der Waals surface area contributed by atoms with Crippen LogP contribution in [0.1, 0.15) is 0 Å². The molecular formula is C14H9ClO. The summed E-state index contributed by atoms with van der Waals surface area (Å²) in [6.45, 7) is 0. The summed E-state index contributed by atoms with van der Waals surface area (Å²) in [6, 6.07) is 14.1. The molecule has 1 aromatic carbocycles. The van der Waals surface area contributed by atoms with Crippen molar-refractivity contribution < 1.29 is 4.42 Å². The summed E-state index contributed by atoms with van der Waals surface area (Å²) in [5, 5.41) is 0.757. The maximum absolute atomic E-state index is 5.97. The maximum Gasteiger partial charge on any atom is 0.0980 e. The second kappa shape index (κ2) is 3.69. The van der Waals surface area contributed by atoms with Crippen molar-refractivity contribution in [3.8, 4) is 22.3 Å². The highest BCUT2D eigenvalue weighted by Gasteiger charge is 2.08. The zero-order valence-corrected chi connectivity index (χ0v) is 9.24. The molecule has 0 N–H and O–H groups in total. The van der Waals surface area contributed by atoms with Gasteiger partial charge in [0.15, 0.2) is 0 Å². The summed E-state index contributed by atoms with van der Waals surface area (Å²) in [4.78, 5) is 0. The monoisotopic (exact) mass is 228 g/mol. The van der Waals surface area contributed by atoms with Crippen LogP contribution < -0.4 is 0 Å². The molecule has 1 heterocycles. The molecule has 0 atom stereocenters. The van der Waals surface area contributed by atoms with E-state index in [2.05, 4.69) is 18.2 Å². The Morgan fingerprint density at radius 2 is 1.62 bits per heavy atom. The van der Waals surface area contributed by atoms with Gasteiger partial charge in [0.25, 0.3) is 0 Å². The predicted octanol–water partition coefficient (Wildman–Crippen LogP) is 4.70. The standard InChI is InChI=1S/C14H9ClO/c15-14-3-1-2-10(8-14)12-6-11-4-5-16-9-13(11)7-12/h1-9H. The normalized spacial score (nSPS) is 10.8. The minimum Gasteiger partial charge on any atom is -0.472 e. The van der Waals surface area contributed by atoms with Gasteiger partial charge >= 0.3 is 0 Å². The van der Waals surface area contributed by atoms with E-state index >= 15 is 0 Å². The molecule has 16 heavy (non-hydrogen) atoms. The van der Waals surface area contributed by atoms with Crippen molar-refractivity contribution in [1.82, 2.24) is 0 Å². The number of hydrogen-bond donors (Lipinski definition) is 0. The van der Waals surface area contributed by atoms with Gasteiger partial charge in [-0.2, -0.15) is 0 Å². The van der Waals surface area contributed by atoms with Gasteiger partial charge < -0.3 is 4.42 Å². The Kier molecular flexibility index (Phi) is 2.19. The van der Waals surface area contributed by atoms with Crippen molar-refractivity contribution in [2.75, 3.05) is 0 Å². The summed E-state index contributed by atoms with van der Waals surface area (Å²) in [5.41, 5.74) is 4.58. The van der Waals surface area contributed by atoms with E-state index in [1.807, 2.05) is 24.3 Å². The molecule has 1 aliphatic carbocycles. The van der Waals surface area contributed by atoms with E-state index in [0.717, 1.165) is 16.1 Å². The lowest BCUT2D eigenvalue weighted by atomic mass is 10.1. The minimum atomic E-state index is 0.757. The van der Waals surface area contributed by atoms with Crippen LogP contribution in [0.2, 0.25) is 5.02 Å². The van der Waals surface area contributed by atoms with Gasteiger partial charge in [-0.05, 0) is 47.0 Å². The lowest BCUT2D eigenvalue weighted by Crippen LogP contribution is -1.71. The molecule has 0 radical (unpaired) electrons. The first-order valence-corrected chi connectivity index (χ1v) is 5.43. The third-order valence-electron chi connectivity index (χ3n) is 2.63. The molecule has 1 aliphatic heterocycles. The Bertz CT molecular complexity index is 567. The van der Waals surface area contributed by atoms with Gasteiger partial charge in [0, 0.05) is 10.6 Å². The number of halogens is 1. The Labute approximate surface area is 98.6 Å². The molecule has 0 spiro atoms. The molecule has 0 saturated heterocycles. The average Bonchev–Trinajstić information content (AvgIpc) is 2.72. The number of hydrogen-bond acceptors (Lipinski definition) is 1. The lowest BCUT2D eigenvalue weighted by molar-refractivity contribution is 0.552. The fourth-order valence-corrected chi connectivity index (χ4v) is 2.04. The molecule has 0 unspecified atom stereocenters. The van der Waals surface area contributed by atoms with Crippen molar-refractivity contribution in [3.05, 3.63) is 60.0 Å². The second-order valence-corrected chi connectivity index (χ2v) is 4.16. The van der Waals surface area contributed by atoms with E-state index in [1.165, 1.54) is 11.1 Å². The van der Waals surface area contributed by atoms with Crippen molar-refractivity contribution in [2.24, 2.45) is 0 Å². The minimum absolute atomic E-state index is 0.757. The second-order valence-electron chi connectivity index (χ2n) is 3.72. The first-order valence-electron chi connectivity index (χ1n) is 5.05. The molecule has 0 amide bonds. The summed E-state index contributed by atoms with van der Waals surface area (Å²) >= 11 is 5.97. The SMILES string of the molecule is Clc1cccc(-c2cc3ccocc-3c2)c1. The van der Waals surface area contributed by atoms with Crippen LogP contribution in [0.4, 0.5) is 0 Å². The van der Waals surface area contributed by atoms with Crippen LogP contribution in [-0.4, -0.2) is 0 Å². The Morgan fingerprint density at radius 1 is 0.812 bits per heavy atom. The molecular weight excluding hydrogens is 220 g/mol. The van der Waals surface area contributed by atoms with Crippen LogP contribution in [0.15, 0.2) is 59.4 Å². The average molecular weight is 229 g/mol.